The molecular weight excluding hydrogens is 366 g/mol. The average molecular weight is 396 g/mol. The van der Waals surface area contributed by atoms with E-state index in [1.165, 1.54) is 0 Å². The number of carbonyl (C=O) groups is 2. The summed E-state index contributed by atoms with van der Waals surface area (Å²) in [5.41, 5.74) is 1.80. The van der Waals surface area contributed by atoms with Gasteiger partial charge in [-0.3, -0.25) is 14.6 Å². The van der Waals surface area contributed by atoms with E-state index in [4.69, 9.17) is 4.74 Å². The average Bonchev–Trinajstić information content (AvgIpc) is 2.74. The number of carbonyl (C=O) groups excluding carboxylic acids is 2. The maximum atomic E-state index is 12.6. The van der Waals surface area contributed by atoms with Gasteiger partial charge in [-0.15, -0.1) is 0 Å². The number of hydrogen-bond acceptors (Lipinski definition) is 4. The minimum absolute atomic E-state index is 0.0200. The van der Waals surface area contributed by atoms with Crippen LogP contribution in [-0.2, 0) is 16.1 Å². The molecule has 0 radical (unpaired) electrons. The Morgan fingerprint density at radius 2 is 1.55 bits per heavy atom. The molecule has 1 heterocycles. The maximum Gasteiger partial charge on any atom is 0.227 e. The van der Waals surface area contributed by atoms with Crippen molar-refractivity contribution in [3.63, 3.8) is 0 Å². The number of anilines is 1. The zero-order valence-corrected chi connectivity index (χ0v) is 17.1. The normalized spacial score (nSPS) is 18.9. The van der Waals surface area contributed by atoms with E-state index in [1.807, 2.05) is 50.2 Å². The van der Waals surface area contributed by atoms with Crippen LogP contribution >= 0.6 is 0 Å². The molecule has 1 saturated carbocycles. The largest absolute Gasteiger partial charge is 0.491 e. The molecule has 6 heteroatoms. The highest BCUT2D eigenvalue weighted by molar-refractivity contribution is 5.92. The monoisotopic (exact) mass is 395 g/mol. The fourth-order valence-corrected chi connectivity index (χ4v) is 3.59. The second-order valence-electron chi connectivity index (χ2n) is 7.80. The van der Waals surface area contributed by atoms with E-state index < -0.39 is 0 Å². The molecule has 1 fully saturated rings. The van der Waals surface area contributed by atoms with Crippen LogP contribution in [0, 0.1) is 11.8 Å². The summed E-state index contributed by atoms with van der Waals surface area (Å²) in [6.45, 7) is 4.47. The molecule has 2 amide bonds. The van der Waals surface area contributed by atoms with Gasteiger partial charge in [0.2, 0.25) is 11.8 Å². The van der Waals surface area contributed by atoms with Gasteiger partial charge >= 0.3 is 0 Å². The Hall–Kier alpha value is -2.89. The van der Waals surface area contributed by atoms with Gasteiger partial charge in [0.15, 0.2) is 0 Å². The number of rotatable bonds is 7. The lowest BCUT2D eigenvalue weighted by molar-refractivity contribution is -0.128. The quantitative estimate of drug-likeness (QED) is 0.744. The Kier molecular flexibility index (Phi) is 7.22. The van der Waals surface area contributed by atoms with Crippen LogP contribution in [0.25, 0.3) is 0 Å². The standard InChI is InChI=1S/C23H29N3O3/c1-16(2)29-21-9-7-20(8-10-21)26-23(28)19-5-3-18(4-6-19)22(27)25-15-17-11-13-24-14-12-17/h7-14,16,18-19H,3-6,15H2,1-2H3,(H,25,27)(H,26,28). The zero-order chi connectivity index (χ0) is 20.6. The number of benzene rings is 1. The van der Waals surface area contributed by atoms with Crippen molar-refractivity contribution in [2.45, 2.75) is 52.2 Å². The number of nitrogens with one attached hydrogen (secondary N) is 2. The molecule has 1 aromatic carbocycles. The van der Waals surface area contributed by atoms with Gasteiger partial charge in [0, 0.05) is 36.5 Å². The first kappa shape index (κ1) is 20.8. The summed E-state index contributed by atoms with van der Waals surface area (Å²) in [7, 11) is 0. The number of nitrogens with zero attached hydrogens (tertiary/aromatic N) is 1. The molecule has 154 valence electrons. The fraction of sp³-hybridized carbons (Fsp3) is 0.435. The van der Waals surface area contributed by atoms with Crippen molar-refractivity contribution < 1.29 is 14.3 Å². The first-order valence-electron chi connectivity index (χ1n) is 10.3. The highest BCUT2D eigenvalue weighted by Gasteiger charge is 2.29. The summed E-state index contributed by atoms with van der Waals surface area (Å²) in [5.74, 6) is 0.815. The Labute approximate surface area is 172 Å². The van der Waals surface area contributed by atoms with Crippen LogP contribution in [0.3, 0.4) is 0 Å². The van der Waals surface area contributed by atoms with Crippen LogP contribution in [0.4, 0.5) is 5.69 Å². The SMILES string of the molecule is CC(C)Oc1ccc(NC(=O)C2CCC(C(=O)NCc3ccncc3)CC2)cc1. The van der Waals surface area contributed by atoms with Crippen LogP contribution in [0.1, 0.15) is 45.1 Å². The molecule has 6 nitrogen and oxygen atoms in total. The van der Waals surface area contributed by atoms with Crippen molar-refractivity contribution in [1.29, 1.82) is 0 Å². The molecule has 29 heavy (non-hydrogen) atoms. The lowest BCUT2D eigenvalue weighted by Crippen LogP contribution is -2.35. The van der Waals surface area contributed by atoms with Gasteiger partial charge in [-0.2, -0.15) is 0 Å². The van der Waals surface area contributed by atoms with Gasteiger partial charge in [-0.05, 0) is 81.5 Å². The maximum absolute atomic E-state index is 12.6. The zero-order valence-electron chi connectivity index (χ0n) is 17.1. The number of ether oxygens (including phenoxy) is 1. The minimum Gasteiger partial charge on any atom is -0.491 e. The Morgan fingerprint density at radius 3 is 2.14 bits per heavy atom. The second-order valence-corrected chi connectivity index (χ2v) is 7.80. The van der Waals surface area contributed by atoms with Crippen molar-refractivity contribution >= 4 is 17.5 Å². The van der Waals surface area contributed by atoms with Crippen molar-refractivity contribution in [1.82, 2.24) is 10.3 Å². The second kappa shape index (κ2) is 10.0. The van der Waals surface area contributed by atoms with Gasteiger partial charge in [-0.25, -0.2) is 0 Å². The first-order chi connectivity index (χ1) is 14.0. The molecule has 2 N–H and O–H groups in total. The molecule has 0 bridgehead atoms. The molecule has 1 aliphatic rings. The summed E-state index contributed by atoms with van der Waals surface area (Å²) < 4.78 is 5.62. The molecule has 2 aromatic rings. The molecule has 1 aliphatic carbocycles. The van der Waals surface area contributed by atoms with Gasteiger partial charge in [-0.1, -0.05) is 0 Å². The highest BCUT2D eigenvalue weighted by Crippen LogP contribution is 2.30. The van der Waals surface area contributed by atoms with E-state index in [0.717, 1.165) is 42.7 Å². The Morgan fingerprint density at radius 1 is 0.966 bits per heavy atom. The molecule has 0 saturated heterocycles. The minimum atomic E-state index is -0.0501. The van der Waals surface area contributed by atoms with Gasteiger partial charge in [0.1, 0.15) is 5.75 Å². The van der Waals surface area contributed by atoms with E-state index in [0.29, 0.717) is 6.54 Å². The smallest absolute Gasteiger partial charge is 0.227 e. The molecule has 1 aromatic heterocycles. The van der Waals surface area contributed by atoms with Gasteiger partial charge < -0.3 is 15.4 Å². The van der Waals surface area contributed by atoms with Crippen LogP contribution in [0.15, 0.2) is 48.8 Å². The van der Waals surface area contributed by atoms with E-state index in [-0.39, 0.29) is 29.8 Å². The molecular formula is C23H29N3O3. The van der Waals surface area contributed by atoms with Gasteiger partial charge in [0.05, 0.1) is 6.10 Å². The van der Waals surface area contributed by atoms with Crippen molar-refractivity contribution in [3.8, 4) is 5.75 Å². The fourth-order valence-electron chi connectivity index (χ4n) is 3.59. The number of aromatic nitrogens is 1. The lowest BCUT2D eigenvalue weighted by atomic mass is 9.81. The van der Waals surface area contributed by atoms with E-state index in [2.05, 4.69) is 15.6 Å². The summed E-state index contributed by atoms with van der Waals surface area (Å²) in [5, 5.41) is 5.97. The summed E-state index contributed by atoms with van der Waals surface area (Å²) in [4.78, 5) is 29.0. The molecule has 0 spiro atoms. The predicted molar refractivity (Wildman–Crippen MR) is 112 cm³/mol. The molecule has 0 atom stereocenters. The van der Waals surface area contributed by atoms with E-state index in [9.17, 15) is 9.59 Å². The molecule has 0 unspecified atom stereocenters. The number of pyridine rings is 1. The molecule has 0 aliphatic heterocycles. The third kappa shape index (κ3) is 6.31. The summed E-state index contributed by atoms with van der Waals surface area (Å²) in [6.07, 6.45) is 6.49. The van der Waals surface area contributed by atoms with E-state index in [1.54, 1.807) is 12.4 Å². The van der Waals surface area contributed by atoms with Crippen LogP contribution in [0.5, 0.6) is 5.75 Å². The predicted octanol–water partition coefficient (Wildman–Crippen LogP) is 3.93. The summed E-state index contributed by atoms with van der Waals surface area (Å²) >= 11 is 0. The number of hydrogen-bond donors (Lipinski definition) is 2. The van der Waals surface area contributed by atoms with Crippen LogP contribution in [0.2, 0.25) is 0 Å². The van der Waals surface area contributed by atoms with Crippen molar-refractivity contribution in [2.75, 3.05) is 5.32 Å². The summed E-state index contributed by atoms with van der Waals surface area (Å²) in [6, 6.07) is 11.2. The Bertz CT molecular complexity index is 798. The van der Waals surface area contributed by atoms with Gasteiger partial charge in [0.25, 0.3) is 0 Å². The van der Waals surface area contributed by atoms with Crippen LogP contribution in [-0.4, -0.2) is 22.9 Å². The Balaban J connectivity index is 1.42. The highest BCUT2D eigenvalue weighted by atomic mass is 16.5. The van der Waals surface area contributed by atoms with Crippen LogP contribution < -0.4 is 15.4 Å². The lowest BCUT2D eigenvalue weighted by Gasteiger charge is -2.27. The third-order valence-electron chi connectivity index (χ3n) is 5.18. The topological polar surface area (TPSA) is 80.3 Å². The third-order valence-corrected chi connectivity index (χ3v) is 5.18. The van der Waals surface area contributed by atoms with E-state index >= 15 is 0 Å². The van der Waals surface area contributed by atoms with Crippen molar-refractivity contribution in [3.05, 3.63) is 54.4 Å². The van der Waals surface area contributed by atoms with Crippen molar-refractivity contribution in [2.24, 2.45) is 11.8 Å². The molecule has 3 rings (SSSR count). The first-order valence-corrected chi connectivity index (χ1v) is 10.3. The number of amides is 2.